The molecule has 90 valence electrons. The maximum absolute atomic E-state index is 11.9. The number of carbonyl (C=O) groups is 2. The first-order valence-electron chi connectivity index (χ1n) is 5.56. The SMILES string of the molecule is COC(=O)[C@@]1(NC(=O)c2ccccc2)C[C@@H]1C. The van der Waals surface area contributed by atoms with Crippen LogP contribution in [0.5, 0.6) is 0 Å². The van der Waals surface area contributed by atoms with Crippen LogP contribution in [0.2, 0.25) is 0 Å². The van der Waals surface area contributed by atoms with E-state index >= 15 is 0 Å². The molecule has 0 aliphatic heterocycles. The van der Waals surface area contributed by atoms with E-state index < -0.39 is 5.54 Å². The molecule has 1 saturated carbocycles. The summed E-state index contributed by atoms with van der Waals surface area (Å²) in [7, 11) is 1.34. The van der Waals surface area contributed by atoms with Gasteiger partial charge in [0, 0.05) is 5.56 Å². The van der Waals surface area contributed by atoms with Crippen LogP contribution >= 0.6 is 0 Å². The molecule has 4 heteroatoms. The lowest BCUT2D eigenvalue weighted by atomic mass is 10.1. The predicted octanol–water partition coefficient (Wildman–Crippen LogP) is 1.37. The van der Waals surface area contributed by atoms with Crippen molar-refractivity contribution >= 4 is 11.9 Å². The highest BCUT2D eigenvalue weighted by Crippen LogP contribution is 2.44. The third kappa shape index (κ3) is 2.02. The molecule has 0 unspecified atom stereocenters. The molecule has 1 aliphatic rings. The highest BCUT2D eigenvalue weighted by atomic mass is 16.5. The van der Waals surface area contributed by atoms with Gasteiger partial charge in [0.1, 0.15) is 5.54 Å². The summed E-state index contributed by atoms with van der Waals surface area (Å²) in [6, 6.07) is 8.85. The fourth-order valence-corrected chi connectivity index (χ4v) is 1.98. The third-order valence-corrected chi connectivity index (χ3v) is 3.23. The lowest BCUT2D eigenvalue weighted by molar-refractivity contribution is -0.144. The molecule has 1 aromatic rings. The smallest absolute Gasteiger partial charge is 0.331 e. The molecule has 1 fully saturated rings. The number of methoxy groups -OCH3 is 1. The fourth-order valence-electron chi connectivity index (χ4n) is 1.98. The third-order valence-electron chi connectivity index (χ3n) is 3.23. The average Bonchev–Trinajstić information content (AvgIpc) is 3.01. The van der Waals surface area contributed by atoms with Gasteiger partial charge in [0.05, 0.1) is 7.11 Å². The molecule has 4 nitrogen and oxygen atoms in total. The van der Waals surface area contributed by atoms with Crippen molar-refractivity contribution < 1.29 is 14.3 Å². The summed E-state index contributed by atoms with van der Waals surface area (Å²) < 4.78 is 4.73. The number of hydrogen-bond acceptors (Lipinski definition) is 3. The Kier molecular flexibility index (Phi) is 2.88. The maximum Gasteiger partial charge on any atom is 0.331 e. The molecule has 0 heterocycles. The first-order chi connectivity index (χ1) is 8.10. The Hall–Kier alpha value is -1.84. The maximum atomic E-state index is 11.9. The van der Waals surface area contributed by atoms with E-state index in [1.165, 1.54) is 7.11 Å². The Morgan fingerprint density at radius 2 is 1.94 bits per heavy atom. The van der Waals surface area contributed by atoms with E-state index in [-0.39, 0.29) is 17.8 Å². The largest absolute Gasteiger partial charge is 0.467 e. The van der Waals surface area contributed by atoms with Crippen molar-refractivity contribution in [2.75, 3.05) is 7.11 Å². The minimum absolute atomic E-state index is 0.127. The number of carbonyl (C=O) groups excluding carboxylic acids is 2. The number of ether oxygens (including phenoxy) is 1. The molecule has 1 N–H and O–H groups in total. The molecule has 1 aromatic carbocycles. The lowest BCUT2D eigenvalue weighted by Crippen LogP contribution is -2.45. The zero-order valence-corrected chi connectivity index (χ0v) is 9.90. The van der Waals surface area contributed by atoms with E-state index in [1.807, 2.05) is 13.0 Å². The first-order valence-corrected chi connectivity index (χ1v) is 5.56. The summed E-state index contributed by atoms with van der Waals surface area (Å²) in [5.41, 5.74) is -0.267. The van der Waals surface area contributed by atoms with E-state index in [9.17, 15) is 9.59 Å². The molecule has 0 aromatic heterocycles. The lowest BCUT2D eigenvalue weighted by Gasteiger charge is -2.16. The highest BCUT2D eigenvalue weighted by Gasteiger charge is 2.59. The Balaban J connectivity index is 2.11. The zero-order chi connectivity index (χ0) is 12.5. The van der Waals surface area contributed by atoms with Crippen LogP contribution in [0.25, 0.3) is 0 Å². The van der Waals surface area contributed by atoms with Crippen LogP contribution in [0.15, 0.2) is 30.3 Å². The first kappa shape index (κ1) is 11.6. The van der Waals surface area contributed by atoms with Crippen molar-refractivity contribution in [3.05, 3.63) is 35.9 Å². The summed E-state index contributed by atoms with van der Waals surface area (Å²) in [6.45, 7) is 1.92. The number of esters is 1. The second-order valence-electron chi connectivity index (χ2n) is 4.39. The molecule has 0 spiro atoms. The standard InChI is InChI=1S/C13H15NO3/c1-9-8-13(9,12(16)17-2)14-11(15)10-6-4-3-5-7-10/h3-7,9H,8H2,1-2H3,(H,14,15)/t9-,13+/m0/s1. The molecule has 0 bridgehead atoms. The minimum atomic E-state index is -0.818. The van der Waals surface area contributed by atoms with Gasteiger partial charge in [-0.05, 0) is 24.5 Å². The van der Waals surface area contributed by atoms with E-state index in [0.29, 0.717) is 12.0 Å². The number of amides is 1. The predicted molar refractivity (Wildman–Crippen MR) is 62.4 cm³/mol. The highest BCUT2D eigenvalue weighted by molar-refractivity contribution is 5.99. The monoisotopic (exact) mass is 233 g/mol. The van der Waals surface area contributed by atoms with Crippen molar-refractivity contribution in [3.8, 4) is 0 Å². The summed E-state index contributed by atoms with van der Waals surface area (Å²) in [4.78, 5) is 23.6. The molecule has 1 aliphatic carbocycles. The second-order valence-corrected chi connectivity index (χ2v) is 4.39. The van der Waals surface area contributed by atoms with E-state index in [0.717, 1.165) is 0 Å². The average molecular weight is 233 g/mol. The van der Waals surface area contributed by atoms with Crippen molar-refractivity contribution in [2.45, 2.75) is 18.9 Å². The summed E-state index contributed by atoms with van der Waals surface area (Å²) in [5.74, 6) is -0.475. The molecular formula is C13H15NO3. The van der Waals surface area contributed by atoms with E-state index in [4.69, 9.17) is 4.74 Å². The number of rotatable bonds is 3. The van der Waals surface area contributed by atoms with Crippen LogP contribution in [-0.4, -0.2) is 24.5 Å². The fraction of sp³-hybridized carbons (Fsp3) is 0.385. The minimum Gasteiger partial charge on any atom is -0.467 e. The summed E-state index contributed by atoms with van der Waals surface area (Å²) in [6.07, 6.45) is 0.637. The van der Waals surface area contributed by atoms with Crippen LogP contribution in [-0.2, 0) is 9.53 Å². The van der Waals surface area contributed by atoms with Crippen LogP contribution in [0.3, 0.4) is 0 Å². The molecule has 1 amide bonds. The molecule has 17 heavy (non-hydrogen) atoms. The Labute approximate surface area is 100.0 Å². The zero-order valence-electron chi connectivity index (χ0n) is 9.90. The molecule has 0 radical (unpaired) electrons. The molecular weight excluding hydrogens is 218 g/mol. The van der Waals surface area contributed by atoms with Gasteiger partial charge in [-0.15, -0.1) is 0 Å². The van der Waals surface area contributed by atoms with Crippen molar-refractivity contribution in [3.63, 3.8) is 0 Å². The number of benzene rings is 1. The van der Waals surface area contributed by atoms with Gasteiger partial charge < -0.3 is 10.1 Å². The van der Waals surface area contributed by atoms with E-state index in [2.05, 4.69) is 5.32 Å². The van der Waals surface area contributed by atoms with Gasteiger partial charge in [-0.25, -0.2) is 4.79 Å². The number of nitrogens with one attached hydrogen (secondary N) is 1. The van der Waals surface area contributed by atoms with Gasteiger partial charge in [0.15, 0.2) is 0 Å². The Morgan fingerprint density at radius 3 is 2.41 bits per heavy atom. The van der Waals surface area contributed by atoms with Crippen LogP contribution in [0.4, 0.5) is 0 Å². The van der Waals surface area contributed by atoms with E-state index in [1.54, 1.807) is 24.3 Å². The number of hydrogen-bond donors (Lipinski definition) is 1. The van der Waals surface area contributed by atoms with Crippen molar-refractivity contribution in [2.24, 2.45) is 5.92 Å². The summed E-state index contributed by atoms with van der Waals surface area (Å²) >= 11 is 0. The second kappa shape index (κ2) is 4.20. The van der Waals surface area contributed by atoms with Gasteiger partial charge in [-0.2, -0.15) is 0 Å². The molecule has 2 rings (SSSR count). The van der Waals surface area contributed by atoms with Crippen molar-refractivity contribution in [1.29, 1.82) is 0 Å². The Bertz CT molecular complexity index is 443. The van der Waals surface area contributed by atoms with Crippen LogP contribution in [0.1, 0.15) is 23.7 Å². The quantitative estimate of drug-likeness (QED) is 0.802. The van der Waals surface area contributed by atoms with Crippen LogP contribution < -0.4 is 5.32 Å². The van der Waals surface area contributed by atoms with Gasteiger partial charge in [-0.1, -0.05) is 25.1 Å². The molecule has 0 saturated heterocycles. The van der Waals surface area contributed by atoms with Gasteiger partial charge >= 0.3 is 5.97 Å². The molecule has 2 atom stereocenters. The van der Waals surface area contributed by atoms with Gasteiger partial charge in [0.2, 0.25) is 0 Å². The van der Waals surface area contributed by atoms with Crippen molar-refractivity contribution in [1.82, 2.24) is 5.32 Å². The van der Waals surface area contributed by atoms with Crippen LogP contribution in [0, 0.1) is 5.92 Å². The topological polar surface area (TPSA) is 55.4 Å². The normalized spacial score (nSPS) is 26.1. The Morgan fingerprint density at radius 1 is 1.35 bits per heavy atom. The summed E-state index contributed by atoms with van der Waals surface area (Å²) in [5, 5.41) is 2.77. The van der Waals surface area contributed by atoms with Gasteiger partial charge in [0.25, 0.3) is 5.91 Å². The van der Waals surface area contributed by atoms with Gasteiger partial charge in [-0.3, -0.25) is 4.79 Å².